The number of halogens is 1. The molecule has 2 aliphatic rings. The first-order valence-electron chi connectivity index (χ1n) is 8.21. The lowest BCUT2D eigenvalue weighted by Crippen LogP contribution is -2.45. The zero-order chi connectivity index (χ0) is 15.4. The molecule has 0 radical (unpaired) electrons. The van der Waals surface area contributed by atoms with E-state index in [1.807, 2.05) is 17.0 Å². The van der Waals surface area contributed by atoms with E-state index >= 15 is 0 Å². The molecule has 0 saturated carbocycles. The number of rotatable bonds is 3. The maximum Gasteiger partial charge on any atom is 0.239 e. The minimum Gasteiger partial charge on any atom is -0.340 e. The van der Waals surface area contributed by atoms with Crippen LogP contribution in [-0.4, -0.2) is 54.5 Å². The summed E-state index contributed by atoms with van der Waals surface area (Å²) in [5, 5.41) is 3.29. The molecular weight excluding hydrogens is 281 g/mol. The van der Waals surface area contributed by atoms with Gasteiger partial charge in [0.15, 0.2) is 0 Å². The van der Waals surface area contributed by atoms with Gasteiger partial charge in [0.05, 0.1) is 6.04 Å². The summed E-state index contributed by atoms with van der Waals surface area (Å²) in [6.07, 6.45) is 3.06. The van der Waals surface area contributed by atoms with Crippen molar-refractivity contribution < 1.29 is 9.18 Å². The molecule has 5 heteroatoms. The third kappa shape index (κ3) is 3.84. The highest BCUT2D eigenvalue weighted by atomic mass is 19.1. The van der Waals surface area contributed by atoms with Gasteiger partial charge in [-0.2, -0.15) is 0 Å². The highest BCUT2D eigenvalue weighted by molar-refractivity contribution is 5.82. The van der Waals surface area contributed by atoms with Crippen molar-refractivity contribution in [1.82, 2.24) is 15.1 Å². The van der Waals surface area contributed by atoms with Crippen LogP contribution in [0.3, 0.4) is 0 Å². The Morgan fingerprint density at radius 3 is 2.68 bits per heavy atom. The topological polar surface area (TPSA) is 35.6 Å². The first-order valence-corrected chi connectivity index (χ1v) is 8.21. The molecule has 1 N–H and O–H groups in total. The van der Waals surface area contributed by atoms with Crippen LogP contribution in [0.2, 0.25) is 0 Å². The summed E-state index contributed by atoms with van der Waals surface area (Å²) in [6.45, 7) is 5.29. The van der Waals surface area contributed by atoms with E-state index < -0.39 is 0 Å². The van der Waals surface area contributed by atoms with E-state index in [9.17, 15) is 9.18 Å². The number of nitrogens with zero attached hydrogens (tertiary/aromatic N) is 2. The number of carbonyl (C=O) groups excluding carboxylic acids is 1. The standard InChI is InChI=1S/C17H24FN3O/c18-15-6-4-14(5-7-15)13-20-9-2-10-21(12-11-20)17(22)16-3-1-8-19-16/h4-7,16,19H,1-3,8-13H2. The summed E-state index contributed by atoms with van der Waals surface area (Å²) < 4.78 is 13.0. The zero-order valence-electron chi connectivity index (χ0n) is 12.9. The quantitative estimate of drug-likeness (QED) is 0.921. The maximum atomic E-state index is 13.0. The summed E-state index contributed by atoms with van der Waals surface area (Å²) in [5.41, 5.74) is 1.12. The van der Waals surface area contributed by atoms with Gasteiger partial charge < -0.3 is 10.2 Å². The Hall–Kier alpha value is -1.46. The number of carbonyl (C=O) groups is 1. The summed E-state index contributed by atoms with van der Waals surface area (Å²) in [7, 11) is 0. The first-order chi connectivity index (χ1) is 10.7. The van der Waals surface area contributed by atoms with Gasteiger partial charge in [-0.15, -0.1) is 0 Å². The van der Waals surface area contributed by atoms with E-state index in [4.69, 9.17) is 0 Å². The maximum absolute atomic E-state index is 13.0. The minimum absolute atomic E-state index is 0.0312. The predicted octanol–water partition coefficient (Wildman–Crippen LogP) is 1.61. The molecule has 4 nitrogen and oxygen atoms in total. The molecule has 1 aromatic rings. The van der Waals surface area contributed by atoms with E-state index in [0.29, 0.717) is 0 Å². The molecule has 1 unspecified atom stereocenters. The van der Waals surface area contributed by atoms with E-state index in [1.165, 1.54) is 12.1 Å². The van der Waals surface area contributed by atoms with Gasteiger partial charge in [0.25, 0.3) is 0 Å². The smallest absolute Gasteiger partial charge is 0.239 e. The lowest BCUT2D eigenvalue weighted by atomic mass is 10.2. The fourth-order valence-corrected chi connectivity index (χ4v) is 3.31. The van der Waals surface area contributed by atoms with Crippen molar-refractivity contribution in [2.24, 2.45) is 0 Å². The number of nitrogens with one attached hydrogen (secondary N) is 1. The summed E-state index contributed by atoms with van der Waals surface area (Å²) >= 11 is 0. The Morgan fingerprint density at radius 2 is 1.95 bits per heavy atom. The molecule has 2 heterocycles. The second kappa shape index (κ2) is 7.20. The Balaban J connectivity index is 1.53. The molecule has 3 rings (SSSR count). The second-order valence-corrected chi connectivity index (χ2v) is 6.23. The molecule has 1 aromatic carbocycles. The van der Waals surface area contributed by atoms with Gasteiger partial charge in [-0.25, -0.2) is 4.39 Å². The molecule has 2 saturated heterocycles. The van der Waals surface area contributed by atoms with Gasteiger partial charge in [0.1, 0.15) is 5.82 Å². The Bertz CT molecular complexity index is 499. The lowest BCUT2D eigenvalue weighted by Gasteiger charge is -2.24. The van der Waals surface area contributed by atoms with Crippen LogP contribution in [0.25, 0.3) is 0 Å². The second-order valence-electron chi connectivity index (χ2n) is 6.23. The van der Waals surface area contributed by atoms with Crippen LogP contribution in [0.5, 0.6) is 0 Å². The molecule has 2 aliphatic heterocycles. The monoisotopic (exact) mass is 305 g/mol. The Morgan fingerprint density at radius 1 is 1.14 bits per heavy atom. The molecule has 120 valence electrons. The van der Waals surface area contributed by atoms with Crippen molar-refractivity contribution in [2.75, 3.05) is 32.7 Å². The van der Waals surface area contributed by atoms with E-state index in [1.54, 1.807) is 0 Å². The fraction of sp³-hybridized carbons (Fsp3) is 0.588. The summed E-state index contributed by atoms with van der Waals surface area (Å²) in [5.74, 6) is 0.0709. The van der Waals surface area contributed by atoms with Crippen LogP contribution in [0, 0.1) is 5.82 Å². The number of hydrogen-bond acceptors (Lipinski definition) is 3. The minimum atomic E-state index is -0.194. The van der Waals surface area contributed by atoms with Crippen LogP contribution in [0.15, 0.2) is 24.3 Å². The molecular formula is C17H24FN3O. The Kier molecular flexibility index (Phi) is 5.05. The molecule has 0 aromatic heterocycles. The SMILES string of the molecule is O=C(C1CCCN1)N1CCCN(Cc2ccc(F)cc2)CC1. The average Bonchev–Trinajstić information content (AvgIpc) is 2.96. The highest BCUT2D eigenvalue weighted by Crippen LogP contribution is 2.13. The number of hydrogen-bond donors (Lipinski definition) is 1. The summed E-state index contributed by atoms with van der Waals surface area (Å²) in [6, 6.07) is 6.73. The van der Waals surface area contributed by atoms with Gasteiger partial charge in [-0.1, -0.05) is 12.1 Å². The van der Waals surface area contributed by atoms with Crippen molar-refractivity contribution in [3.8, 4) is 0 Å². The average molecular weight is 305 g/mol. The Labute approximate surface area is 131 Å². The van der Waals surface area contributed by atoms with Crippen LogP contribution in [-0.2, 0) is 11.3 Å². The third-order valence-electron chi connectivity index (χ3n) is 4.58. The number of amides is 1. The van der Waals surface area contributed by atoms with E-state index in [0.717, 1.165) is 64.1 Å². The molecule has 2 fully saturated rings. The highest BCUT2D eigenvalue weighted by Gasteiger charge is 2.28. The van der Waals surface area contributed by atoms with Crippen molar-refractivity contribution in [1.29, 1.82) is 0 Å². The molecule has 0 bridgehead atoms. The van der Waals surface area contributed by atoms with Crippen LogP contribution < -0.4 is 5.32 Å². The lowest BCUT2D eigenvalue weighted by molar-refractivity contribution is -0.132. The summed E-state index contributed by atoms with van der Waals surface area (Å²) in [4.78, 5) is 16.8. The van der Waals surface area contributed by atoms with Gasteiger partial charge in [-0.05, 0) is 43.5 Å². The largest absolute Gasteiger partial charge is 0.340 e. The fourth-order valence-electron chi connectivity index (χ4n) is 3.31. The van der Waals surface area contributed by atoms with Crippen molar-refractivity contribution in [3.63, 3.8) is 0 Å². The van der Waals surface area contributed by atoms with E-state index in [-0.39, 0.29) is 17.8 Å². The third-order valence-corrected chi connectivity index (χ3v) is 4.58. The van der Waals surface area contributed by atoms with Crippen molar-refractivity contribution in [2.45, 2.75) is 31.8 Å². The molecule has 1 amide bonds. The molecule has 22 heavy (non-hydrogen) atoms. The molecule has 0 spiro atoms. The van der Waals surface area contributed by atoms with Crippen molar-refractivity contribution in [3.05, 3.63) is 35.6 Å². The first kappa shape index (κ1) is 15.4. The normalized spacial score (nSPS) is 23.5. The zero-order valence-corrected chi connectivity index (χ0v) is 12.9. The van der Waals surface area contributed by atoms with Gasteiger partial charge in [0, 0.05) is 32.7 Å². The van der Waals surface area contributed by atoms with Gasteiger partial charge >= 0.3 is 0 Å². The van der Waals surface area contributed by atoms with Gasteiger partial charge in [0.2, 0.25) is 5.91 Å². The van der Waals surface area contributed by atoms with Gasteiger partial charge in [-0.3, -0.25) is 9.69 Å². The number of benzene rings is 1. The van der Waals surface area contributed by atoms with E-state index in [2.05, 4.69) is 10.2 Å². The van der Waals surface area contributed by atoms with Crippen LogP contribution in [0.1, 0.15) is 24.8 Å². The predicted molar refractivity (Wildman–Crippen MR) is 83.9 cm³/mol. The van der Waals surface area contributed by atoms with Crippen molar-refractivity contribution >= 4 is 5.91 Å². The van der Waals surface area contributed by atoms with Crippen LogP contribution >= 0.6 is 0 Å². The molecule has 1 atom stereocenters. The molecule has 0 aliphatic carbocycles. The van der Waals surface area contributed by atoms with Crippen LogP contribution in [0.4, 0.5) is 4.39 Å².